The largest absolute Gasteiger partial charge is 0.484 e. The third kappa shape index (κ3) is 6.11. The molecule has 0 spiro atoms. The standard InChI is InChI=1S/C19H25N3O3/c1-2-3-15-4-6-17(7-5-15)25-14-18(23)21-16-9-12-22(13-10-16)19(24)8-11-20/h4-7,16H,2-3,8-10,12-14H2,1H3,(H,21,23). The molecule has 1 aliphatic rings. The molecule has 0 atom stereocenters. The maximum absolute atomic E-state index is 12.0. The quantitative estimate of drug-likeness (QED) is 0.821. The summed E-state index contributed by atoms with van der Waals surface area (Å²) in [5, 5.41) is 11.5. The fourth-order valence-electron chi connectivity index (χ4n) is 2.91. The summed E-state index contributed by atoms with van der Waals surface area (Å²) in [6.07, 6.45) is 3.46. The van der Waals surface area contributed by atoms with Crippen LogP contribution in [0.25, 0.3) is 0 Å². The fraction of sp³-hybridized carbons (Fsp3) is 0.526. The van der Waals surface area contributed by atoms with Crippen LogP contribution in [-0.2, 0) is 16.0 Å². The summed E-state index contributed by atoms with van der Waals surface area (Å²) in [6, 6.07) is 9.73. The van der Waals surface area contributed by atoms with E-state index in [0.29, 0.717) is 31.7 Å². The van der Waals surface area contributed by atoms with Gasteiger partial charge >= 0.3 is 0 Å². The highest BCUT2D eigenvalue weighted by molar-refractivity contribution is 5.79. The fourth-order valence-corrected chi connectivity index (χ4v) is 2.91. The van der Waals surface area contributed by atoms with E-state index < -0.39 is 0 Å². The van der Waals surface area contributed by atoms with Crippen molar-refractivity contribution in [2.45, 2.75) is 45.1 Å². The molecule has 1 heterocycles. The van der Waals surface area contributed by atoms with Gasteiger partial charge in [-0.05, 0) is 37.0 Å². The maximum Gasteiger partial charge on any atom is 0.258 e. The third-order valence-corrected chi connectivity index (χ3v) is 4.28. The maximum atomic E-state index is 12.0. The van der Waals surface area contributed by atoms with Gasteiger partial charge in [0.25, 0.3) is 5.91 Å². The second-order valence-electron chi connectivity index (χ2n) is 6.24. The van der Waals surface area contributed by atoms with E-state index in [-0.39, 0.29) is 30.9 Å². The van der Waals surface area contributed by atoms with Crippen molar-refractivity contribution >= 4 is 11.8 Å². The van der Waals surface area contributed by atoms with Crippen LogP contribution in [0, 0.1) is 11.3 Å². The van der Waals surface area contributed by atoms with Gasteiger partial charge in [-0.25, -0.2) is 0 Å². The molecule has 2 rings (SSSR count). The van der Waals surface area contributed by atoms with Crippen molar-refractivity contribution in [1.82, 2.24) is 10.2 Å². The predicted molar refractivity (Wildman–Crippen MR) is 93.9 cm³/mol. The molecule has 0 aromatic heterocycles. The Morgan fingerprint density at radius 3 is 2.56 bits per heavy atom. The van der Waals surface area contributed by atoms with Gasteiger partial charge in [0.15, 0.2) is 6.61 Å². The van der Waals surface area contributed by atoms with Crippen molar-refractivity contribution < 1.29 is 14.3 Å². The first kappa shape index (κ1) is 18.8. The van der Waals surface area contributed by atoms with E-state index in [4.69, 9.17) is 10.00 Å². The molecular formula is C19H25N3O3. The summed E-state index contributed by atoms with van der Waals surface area (Å²) < 4.78 is 5.52. The van der Waals surface area contributed by atoms with Gasteiger partial charge in [-0.2, -0.15) is 5.26 Å². The molecule has 1 saturated heterocycles. The number of nitrogens with one attached hydrogen (secondary N) is 1. The minimum absolute atomic E-state index is 0.0132. The van der Waals surface area contributed by atoms with Gasteiger partial charge in [0, 0.05) is 19.1 Å². The van der Waals surface area contributed by atoms with E-state index in [2.05, 4.69) is 12.2 Å². The Hall–Kier alpha value is -2.55. The number of hydrogen-bond acceptors (Lipinski definition) is 4. The summed E-state index contributed by atoms with van der Waals surface area (Å²) in [7, 11) is 0. The molecular weight excluding hydrogens is 318 g/mol. The van der Waals surface area contributed by atoms with Crippen LogP contribution in [0.2, 0.25) is 0 Å². The lowest BCUT2D eigenvalue weighted by Crippen LogP contribution is -2.47. The van der Waals surface area contributed by atoms with Gasteiger partial charge in [0.2, 0.25) is 5.91 Å². The highest BCUT2D eigenvalue weighted by Crippen LogP contribution is 2.14. The molecule has 1 aromatic carbocycles. The molecule has 1 aromatic rings. The Kier molecular flexibility index (Phi) is 7.27. The molecule has 0 bridgehead atoms. The highest BCUT2D eigenvalue weighted by atomic mass is 16.5. The van der Waals surface area contributed by atoms with Gasteiger partial charge in [0.05, 0.1) is 6.07 Å². The molecule has 1 N–H and O–H groups in total. The molecule has 0 aliphatic carbocycles. The second-order valence-corrected chi connectivity index (χ2v) is 6.24. The number of aryl methyl sites for hydroxylation is 1. The summed E-state index contributed by atoms with van der Waals surface area (Å²) in [5.41, 5.74) is 1.26. The Morgan fingerprint density at radius 1 is 1.28 bits per heavy atom. The molecule has 134 valence electrons. The normalized spacial score (nSPS) is 14.6. The van der Waals surface area contributed by atoms with Crippen LogP contribution in [0.15, 0.2) is 24.3 Å². The van der Waals surface area contributed by atoms with Crippen LogP contribution in [0.1, 0.15) is 38.2 Å². The minimum atomic E-state index is -0.153. The van der Waals surface area contributed by atoms with E-state index >= 15 is 0 Å². The zero-order chi connectivity index (χ0) is 18.1. The van der Waals surface area contributed by atoms with Gasteiger partial charge in [0.1, 0.15) is 12.2 Å². The van der Waals surface area contributed by atoms with Crippen molar-refractivity contribution in [3.05, 3.63) is 29.8 Å². The van der Waals surface area contributed by atoms with Crippen molar-refractivity contribution in [2.24, 2.45) is 0 Å². The monoisotopic (exact) mass is 343 g/mol. The van der Waals surface area contributed by atoms with Gasteiger partial charge < -0.3 is 15.0 Å². The number of nitrogens with zero attached hydrogens (tertiary/aromatic N) is 2. The lowest BCUT2D eigenvalue weighted by molar-refractivity contribution is -0.131. The van der Waals surface area contributed by atoms with E-state index in [1.165, 1.54) is 5.56 Å². The third-order valence-electron chi connectivity index (χ3n) is 4.28. The number of rotatable bonds is 7. The lowest BCUT2D eigenvalue weighted by atomic mass is 10.0. The Morgan fingerprint density at radius 2 is 1.96 bits per heavy atom. The first-order valence-corrected chi connectivity index (χ1v) is 8.78. The Balaban J connectivity index is 1.69. The van der Waals surface area contributed by atoms with E-state index in [0.717, 1.165) is 12.8 Å². The number of amides is 2. The molecule has 1 aliphatic heterocycles. The number of carbonyl (C=O) groups is 2. The van der Waals surface area contributed by atoms with Crippen molar-refractivity contribution in [3.63, 3.8) is 0 Å². The number of nitriles is 1. The van der Waals surface area contributed by atoms with Crippen LogP contribution < -0.4 is 10.1 Å². The summed E-state index contributed by atoms with van der Waals surface area (Å²) >= 11 is 0. The zero-order valence-electron chi connectivity index (χ0n) is 14.7. The lowest BCUT2D eigenvalue weighted by Gasteiger charge is -2.32. The Bertz CT molecular complexity index is 614. The summed E-state index contributed by atoms with van der Waals surface area (Å²) in [5.74, 6) is 0.397. The number of piperidine rings is 1. The zero-order valence-corrected chi connectivity index (χ0v) is 14.7. The van der Waals surface area contributed by atoms with Crippen LogP contribution >= 0.6 is 0 Å². The van der Waals surface area contributed by atoms with Gasteiger partial charge in [-0.15, -0.1) is 0 Å². The topological polar surface area (TPSA) is 82.4 Å². The molecule has 25 heavy (non-hydrogen) atoms. The number of carbonyl (C=O) groups excluding carboxylic acids is 2. The molecule has 0 unspecified atom stereocenters. The van der Waals surface area contributed by atoms with Gasteiger partial charge in [-0.1, -0.05) is 25.5 Å². The predicted octanol–water partition coefficient (Wildman–Crippen LogP) is 2.04. The number of benzene rings is 1. The molecule has 0 saturated carbocycles. The molecule has 6 nitrogen and oxygen atoms in total. The van der Waals surface area contributed by atoms with Gasteiger partial charge in [-0.3, -0.25) is 9.59 Å². The highest BCUT2D eigenvalue weighted by Gasteiger charge is 2.23. The van der Waals surface area contributed by atoms with Crippen LogP contribution in [-0.4, -0.2) is 42.5 Å². The van der Waals surface area contributed by atoms with Crippen molar-refractivity contribution in [1.29, 1.82) is 5.26 Å². The Labute approximate surface area is 148 Å². The molecule has 0 radical (unpaired) electrons. The SMILES string of the molecule is CCCc1ccc(OCC(=O)NC2CCN(C(=O)CC#N)CC2)cc1. The summed E-state index contributed by atoms with van der Waals surface area (Å²) in [6.45, 7) is 3.27. The number of ether oxygens (including phenoxy) is 1. The van der Waals surface area contributed by atoms with Crippen LogP contribution in [0.4, 0.5) is 0 Å². The average molecular weight is 343 g/mol. The van der Waals surface area contributed by atoms with Crippen molar-refractivity contribution in [2.75, 3.05) is 19.7 Å². The number of hydrogen-bond donors (Lipinski definition) is 1. The first-order chi connectivity index (χ1) is 12.1. The molecule has 1 fully saturated rings. The van der Waals surface area contributed by atoms with E-state index in [1.54, 1.807) is 4.90 Å². The van der Waals surface area contributed by atoms with Crippen LogP contribution in [0.5, 0.6) is 5.75 Å². The summed E-state index contributed by atoms with van der Waals surface area (Å²) in [4.78, 5) is 25.3. The first-order valence-electron chi connectivity index (χ1n) is 8.78. The van der Waals surface area contributed by atoms with Crippen molar-refractivity contribution in [3.8, 4) is 11.8 Å². The average Bonchev–Trinajstić information content (AvgIpc) is 2.62. The van der Waals surface area contributed by atoms with E-state index in [9.17, 15) is 9.59 Å². The minimum Gasteiger partial charge on any atom is -0.484 e. The van der Waals surface area contributed by atoms with Crippen LogP contribution in [0.3, 0.4) is 0 Å². The second kappa shape index (κ2) is 9.67. The number of likely N-dealkylation sites (tertiary alicyclic amines) is 1. The molecule has 6 heteroatoms. The van der Waals surface area contributed by atoms with E-state index in [1.807, 2.05) is 30.3 Å². The molecule has 2 amide bonds. The smallest absolute Gasteiger partial charge is 0.258 e.